The van der Waals surface area contributed by atoms with Crippen molar-refractivity contribution in [2.75, 3.05) is 32.8 Å². The van der Waals surface area contributed by atoms with Gasteiger partial charge in [0.25, 0.3) is 0 Å². The molecule has 0 aliphatic carbocycles. The Morgan fingerprint density at radius 3 is 2.71 bits per heavy atom. The molecule has 1 unspecified atom stereocenters. The number of nitrogens with zero attached hydrogens (tertiary/aromatic N) is 1. The number of rotatable bonds is 3. The maximum Gasteiger partial charge on any atom is 0.0707 e. The van der Waals surface area contributed by atoms with E-state index in [0.29, 0.717) is 11.5 Å². The minimum absolute atomic E-state index is 0.252. The smallest absolute Gasteiger partial charge is 0.0707 e. The summed E-state index contributed by atoms with van der Waals surface area (Å²) in [6, 6.07) is 0. The number of morpholine rings is 1. The quantitative estimate of drug-likeness (QED) is 0.742. The van der Waals surface area contributed by atoms with Gasteiger partial charge in [0.15, 0.2) is 0 Å². The maximum absolute atomic E-state index is 8.85. The lowest BCUT2D eigenvalue weighted by Crippen LogP contribution is -2.44. The van der Waals surface area contributed by atoms with Crippen LogP contribution in [0.3, 0.4) is 0 Å². The van der Waals surface area contributed by atoms with Crippen LogP contribution >= 0.6 is 0 Å². The lowest BCUT2D eigenvalue weighted by atomic mass is 9.89. The van der Waals surface area contributed by atoms with Crippen molar-refractivity contribution in [1.29, 1.82) is 0 Å². The molecule has 1 saturated heterocycles. The Morgan fingerprint density at radius 2 is 2.14 bits per heavy atom. The Kier molecular flexibility index (Phi) is 4.35. The fraction of sp³-hybridized carbons (Fsp3) is 1.00. The van der Waals surface area contributed by atoms with E-state index in [-0.39, 0.29) is 6.61 Å². The second kappa shape index (κ2) is 5.10. The van der Waals surface area contributed by atoms with Crippen LogP contribution in [0, 0.1) is 5.41 Å². The second-order valence-corrected chi connectivity index (χ2v) is 5.28. The van der Waals surface area contributed by atoms with Gasteiger partial charge in [-0.2, -0.15) is 0 Å². The fourth-order valence-electron chi connectivity index (χ4n) is 1.93. The van der Waals surface area contributed by atoms with Crippen LogP contribution in [0.5, 0.6) is 0 Å². The van der Waals surface area contributed by atoms with Crippen LogP contribution in [-0.4, -0.2) is 49.0 Å². The van der Waals surface area contributed by atoms with Gasteiger partial charge in [-0.1, -0.05) is 20.8 Å². The van der Waals surface area contributed by atoms with E-state index in [1.165, 1.54) is 0 Å². The van der Waals surface area contributed by atoms with Crippen molar-refractivity contribution in [2.24, 2.45) is 5.41 Å². The van der Waals surface area contributed by atoms with Gasteiger partial charge < -0.3 is 9.84 Å². The summed E-state index contributed by atoms with van der Waals surface area (Å²) in [4.78, 5) is 2.28. The number of aliphatic hydroxyl groups is 1. The highest BCUT2D eigenvalue weighted by Crippen LogP contribution is 2.24. The molecule has 0 aromatic heterocycles. The molecule has 0 bridgehead atoms. The van der Waals surface area contributed by atoms with Crippen molar-refractivity contribution in [1.82, 2.24) is 4.90 Å². The third-order valence-electron chi connectivity index (χ3n) is 2.48. The summed E-state index contributed by atoms with van der Waals surface area (Å²) in [5.74, 6) is 0. The first-order valence-corrected chi connectivity index (χ1v) is 5.46. The molecule has 14 heavy (non-hydrogen) atoms. The molecule has 84 valence electrons. The molecule has 0 radical (unpaired) electrons. The number of hydrogen-bond acceptors (Lipinski definition) is 3. The Bertz CT molecular complexity index is 163. The Hall–Kier alpha value is -0.120. The van der Waals surface area contributed by atoms with E-state index >= 15 is 0 Å². The zero-order valence-electron chi connectivity index (χ0n) is 9.62. The van der Waals surface area contributed by atoms with Crippen LogP contribution in [0.25, 0.3) is 0 Å². The van der Waals surface area contributed by atoms with Crippen LogP contribution in [0.4, 0.5) is 0 Å². The molecule has 3 heteroatoms. The van der Waals surface area contributed by atoms with Gasteiger partial charge in [-0.3, -0.25) is 4.90 Å². The lowest BCUT2D eigenvalue weighted by Gasteiger charge is -2.35. The van der Waals surface area contributed by atoms with Gasteiger partial charge in [0.05, 0.1) is 19.3 Å². The standard InChI is InChI=1S/C11H23NO2/c1-11(2,3)8-10-9-12(4-6-13)5-7-14-10/h10,13H,4-9H2,1-3H3. The largest absolute Gasteiger partial charge is 0.395 e. The molecule has 0 aromatic carbocycles. The predicted molar refractivity (Wildman–Crippen MR) is 57.3 cm³/mol. The summed E-state index contributed by atoms with van der Waals surface area (Å²) in [7, 11) is 0. The van der Waals surface area contributed by atoms with Crippen molar-refractivity contribution in [2.45, 2.75) is 33.3 Å². The Morgan fingerprint density at radius 1 is 1.43 bits per heavy atom. The van der Waals surface area contributed by atoms with Crippen molar-refractivity contribution < 1.29 is 9.84 Å². The summed E-state index contributed by atoms with van der Waals surface area (Å²) in [5, 5.41) is 8.85. The molecular weight excluding hydrogens is 178 g/mol. The average molecular weight is 201 g/mol. The molecule has 0 aromatic rings. The first kappa shape index (κ1) is 12.0. The van der Waals surface area contributed by atoms with Crippen molar-refractivity contribution in [3.8, 4) is 0 Å². The minimum atomic E-state index is 0.252. The normalized spacial score (nSPS) is 25.3. The highest BCUT2D eigenvalue weighted by Gasteiger charge is 2.24. The van der Waals surface area contributed by atoms with E-state index in [1.807, 2.05) is 0 Å². The first-order chi connectivity index (χ1) is 6.51. The van der Waals surface area contributed by atoms with Crippen molar-refractivity contribution >= 4 is 0 Å². The van der Waals surface area contributed by atoms with E-state index in [9.17, 15) is 0 Å². The van der Waals surface area contributed by atoms with E-state index < -0.39 is 0 Å². The Labute approximate surface area is 87.1 Å². The van der Waals surface area contributed by atoms with Crippen LogP contribution in [0.1, 0.15) is 27.2 Å². The number of ether oxygens (including phenoxy) is 1. The summed E-state index contributed by atoms with van der Waals surface area (Å²) in [5.41, 5.74) is 0.326. The van der Waals surface area contributed by atoms with Gasteiger partial charge in [0.2, 0.25) is 0 Å². The minimum Gasteiger partial charge on any atom is -0.395 e. The molecule has 1 heterocycles. The fourth-order valence-corrected chi connectivity index (χ4v) is 1.93. The summed E-state index contributed by atoms with van der Waals surface area (Å²) in [6.07, 6.45) is 1.44. The average Bonchev–Trinajstić information content (AvgIpc) is 2.02. The van der Waals surface area contributed by atoms with Crippen LogP contribution < -0.4 is 0 Å². The van der Waals surface area contributed by atoms with Gasteiger partial charge in [-0.15, -0.1) is 0 Å². The van der Waals surface area contributed by atoms with Gasteiger partial charge >= 0.3 is 0 Å². The molecule has 1 aliphatic rings. The third-order valence-corrected chi connectivity index (χ3v) is 2.48. The van der Waals surface area contributed by atoms with E-state index in [1.54, 1.807) is 0 Å². The van der Waals surface area contributed by atoms with Gasteiger partial charge in [0.1, 0.15) is 0 Å². The van der Waals surface area contributed by atoms with Crippen molar-refractivity contribution in [3.63, 3.8) is 0 Å². The van der Waals surface area contributed by atoms with Crippen LogP contribution in [0.15, 0.2) is 0 Å². The van der Waals surface area contributed by atoms with Crippen LogP contribution in [-0.2, 0) is 4.74 Å². The van der Waals surface area contributed by atoms with Gasteiger partial charge in [-0.05, 0) is 11.8 Å². The SMILES string of the molecule is CC(C)(C)CC1CN(CCO)CCO1. The van der Waals surface area contributed by atoms with E-state index in [0.717, 1.165) is 32.7 Å². The predicted octanol–water partition coefficient (Wildman–Crippen LogP) is 1.12. The molecule has 1 N–H and O–H groups in total. The molecule has 1 rings (SSSR count). The molecule has 0 amide bonds. The van der Waals surface area contributed by atoms with Crippen LogP contribution in [0.2, 0.25) is 0 Å². The number of aliphatic hydroxyl groups excluding tert-OH is 1. The van der Waals surface area contributed by atoms with Gasteiger partial charge in [-0.25, -0.2) is 0 Å². The second-order valence-electron chi connectivity index (χ2n) is 5.28. The molecular formula is C11H23NO2. The molecule has 0 spiro atoms. The monoisotopic (exact) mass is 201 g/mol. The summed E-state index contributed by atoms with van der Waals surface area (Å²) >= 11 is 0. The third kappa shape index (κ3) is 4.40. The van der Waals surface area contributed by atoms with E-state index in [4.69, 9.17) is 9.84 Å². The molecule has 3 nitrogen and oxygen atoms in total. The summed E-state index contributed by atoms with van der Waals surface area (Å²) < 4.78 is 5.71. The highest BCUT2D eigenvalue weighted by molar-refractivity contribution is 4.76. The molecule has 1 fully saturated rings. The van der Waals surface area contributed by atoms with E-state index in [2.05, 4.69) is 25.7 Å². The Balaban J connectivity index is 2.32. The highest BCUT2D eigenvalue weighted by atomic mass is 16.5. The first-order valence-electron chi connectivity index (χ1n) is 5.46. The lowest BCUT2D eigenvalue weighted by molar-refractivity contribution is -0.0484. The summed E-state index contributed by atoms with van der Waals surface area (Å²) in [6.45, 7) is 10.5. The van der Waals surface area contributed by atoms with Gasteiger partial charge in [0, 0.05) is 19.6 Å². The van der Waals surface area contributed by atoms with Crippen molar-refractivity contribution in [3.05, 3.63) is 0 Å². The zero-order valence-corrected chi connectivity index (χ0v) is 9.62. The maximum atomic E-state index is 8.85. The topological polar surface area (TPSA) is 32.7 Å². The number of β-amino-alcohol motifs (C(OH)–C–C–N with tert-alkyl or cyclic N) is 1. The molecule has 0 saturated carbocycles. The molecule has 1 atom stereocenters. The molecule has 1 aliphatic heterocycles. The zero-order chi connectivity index (χ0) is 10.6. The number of hydrogen-bond donors (Lipinski definition) is 1.